The summed E-state index contributed by atoms with van der Waals surface area (Å²) in [6.07, 6.45) is 2.10. The molecule has 3 nitrogen and oxygen atoms in total. The van der Waals surface area contributed by atoms with E-state index < -0.39 is 0 Å². The molecule has 1 fully saturated rings. The van der Waals surface area contributed by atoms with Crippen molar-refractivity contribution in [3.8, 4) is 0 Å². The number of aryl methyl sites for hydroxylation is 1. The first-order valence-corrected chi connectivity index (χ1v) is 6.74. The Labute approximate surface area is 100 Å². The first-order valence-electron chi connectivity index (χ1n) is 5.86. The third-order valence-corrected chi connectivity index (χ3v) is 4.00. The molecule has 16 heavy (non-hydrogen) atoms. The molecule has 1 aliphatic rings. The van der Waals surface area contributed by atoms with E-state index in [0.717, 1.165) is 36.5 Å². The van der Waals surface area contributed by atoms with E-state index in [2.05, 4.69) is 17.6 Å². The van der Waals surface area contributed by atoms with Gasteiger partial charge in [0.2, 0.25) is 0 Å². The highest BCUT2D eigenvalue weighted by Gasteiger charge is 2.17. The maximum Gasteiger partial charge on any atom is 0.261 e. The van der Waals surface area contributed by atoms with Crippen molar-refractivity contribution in [3.63, 3.8) is 0 Å². The topological polar surface area (TPSA) is 41.1 Å². The van der Waals surface area contributed by atoms with Crippen LogP contribution in [0.15, 0.2) is 11.4 Å². The summed E-state index contributed by atoms with van der Waals surface area (Å²) in [5, 5.41) is 8.33. The minimum absolute atomic E-state index is 0.0961. The monoisotopic (exact) mass is 238 g/mol. The number of carbonyl (C=O) groups excluding carboxylic acids is 1. The lowest BCUT2D eigenvalue weighted by atomic mass is 10.1. The van der Waals surface area contributed by atoms with Crippen LogP contribution in [-0.4, -0.2) is 25.5 Å². The summed E-state index contributed by atoms with van der Waals surface area (Å²) in [5.74, 6) is 0.702. The number of hydrogen-bond donors (Lipinski definition) is 2. The summed E-state index contributed by atoms with van der Waals surface area (Å²) in [7, 11) is 0. The van der Waals surface area contributed by atoms with Gasteiger partial charge >= 0.3 is 0 Å². The van der Waals surface area contributed by atoms with Gasteiger partial charge in [0.05, 0.1) is 4.88 Å². The highest BCUT2D eigenvalue weighted by Crippen LogP contribution is 2.17. The molecule has 1 aromatic rings. The van der Waals surface area contributed by atoms with Crippen molar-refractivity contribution >= 4 is 17.2 Å². The molecule has 1 aromatic heterocycles. The largest absolute Gasteiger partial charge is 0.351 e. The predicted octanol–water partition coefficient (Wildman–Crippen LogP) is 1.65. The second-order valence-corrected chi connectivity index (χ2v) is 5.11. The Morgan fingerprint density at radius 1 is 1.69 bits per heavy atom. The van der Waals surface area contributed by atoms with E-state index in [1.54, 1.807) is 0 Å². The summed E-state index contributed by atoms with van der Waals surface area (Å²) < 4.78 is 0. The highest BCUT2D eigenvalue weighted by molar-refractivity contribution is 7.12. The fourth-order valence-electron chi connectivity index (χ4n) is 2.02. The minimum atomic E-state index is 0.0961. The Balaban J connectivity index is 1.87. The first kappa shape index (κ1) is 11.6. The lowest BCUT2D eigenvalue weighted by molar-refractivity contribution is 0.0951. The van der Waals surface area contributed by atoms with Crippen LogP contribution in [0.25, 0.3) is 0 Å². The zero-order chi connectivity index (χ0) is 11.4. The van der Waals surface area contributed by atoms with Crippen LogP contribution in [0, 0.1) is 5.92 Å². The Morgan fingerprint density at radius 2 is 2.56 bits per heavy atom. The second-order valence-electron chi connectivity index (χ2n) is 4.20. The van der Waals surface area contributed by atoms with Crippen molar-refractivity contribution in [2.45, 2.75) is 19.8 Å². The molecule has 0 radical (unpaired) electrons. The van der Waals surface area contributed by atoms with Gasteiger partial charge in [-0.1, -0.05) is 6.92 Å². The van der Waals surface area contributed by atoms with Crippen LogP contribution in [0.5, 0.6) is 0 Å². The van der Waals surface area contributed by atoms with E-state index in [1.165, 1.54) is 17.8 Å². The second kappa shape index (κ2) is 5.46. The van der Waals surface area contributed by atoms with Gasteiger partial charge in [-0.25, -0.2) is 0 Å². The van der Waals surface area contributed by atoms with Crippen molar-refractivity contribution in [3.05, 3.63) is 21.9 Å². The van der Waals surface area contributed by atoms with Crippen LogP contribution in [0.1, 0.15) is 28.6 Å². The molecular formula is C12H18N2OS. The van der Waals surface area contributed by atoms with Gasteiger partial charge in [-0.15, -0.1) is 11.3 Å². The molecule has 0 aromatic carbocycles. The lowest BCUT2D eigenvalue weighted by Gasteiger charge is -2.09. The standard InChI is InChI=1S/C12H18N2OS/c1-2-10-4-6-16-11(10)12(15)14-8-9-3-5-13-7-9/h4,6,9,13H,2-3,5,7-8H2,1H3,(H,14,15). The number of rotatable bonds is 4. The van der Waals surface area contributed by atoms with Gasteiger partial charge in [0.25, 0.3) is 5.91 Å². The quantitative estimate of drug-likeness (QED) is 0.837. The van der Waals surface area contributed by atoms with Crippen LogP contribution >= 0.6 is 11.3 Å². The van der Waals surface area contributed by atoms with Gasteiger partial charge in [0.15, 0.2) is 0 Å². The van der Waals surface area contributed by atoms with Crippen molar-refractivity contribution in [1.29, 1.82) is 0 Å². The normalized spacial score (nSPS) is 19.9. The van der Waals surface area contributed by atoms with Crippen LogP contribution in [-0.2, 0) is 6.42 Å². The SMILES string of the molecule is CCc1ccsc1C(=O)NCC1CCNC1. The van der Waals surface area contributed by atoms with Crippen LogP contribution < -0.4 is 10.6 Å². The Morgan fingerprint density at radius 3 is 3.25 bits per heavy atom. The van der Waals surface area contributed by atoms with Crippen molar-refractivity contribution in [1.82, 2.24) is 10.6 Å². The Kier molecular flexibility index (Phi) is 3.96. The summed E-state index contributed by atoms with van der Waals surface area (Å²) in [6, 6.07) is 2.04. The predicted molar refractivity (Wildman–Crippen MR) is 67.0 cm³/mol. The molecule has 1 atom stereocenters. The van der Waals surface area contributed by atoms with Crippen LogP contribution in [0.3, 0.4) is 0 Å². The Bertz CT molecular complexity index is 356. The average Bonchev–Trinajstić information content (AvgIpc) is 2.96. The maximum absolute atomic E-state index is 11.9. The molecule has 1 unspecified atom stereocenters. The molecule has 1 amide bonds. The van der Waals surface area contributed by atoms with E-state index >= 15 is 0 Å². The van der Waals surface area contributed by atoms with Gasteiger partial charge in [0.1, 0.15) is 0 Å². The molecule has 2 heterocycles. The fraction of sp³-hybridized carbons (Fsp3) is 0.583. The number of thiophene rings is 1. The van der Waals surface area contributed by atoms with E-state index in [9.17, 15) is 4.79 Å². The molecule has 2 N–H and O–H groups in total. The van der Waals surface area contributed by atoms with Gasteiger partial charge in [-0.3, -0.25) is 4.79 Å². The van der Waals surface area contributed by atoms with Crippen molar-refractivity contribution < 1.29 is 4.79 Å². The third-order valence-electron chi connectivity index (χ3n) is 3.05. The molecule has 4 heteroatoms. The minimum Gasteiger partial charge on any atom is -0.351 e. The number of nitrogens with one attached hydrogen (secondary N) is 2. The molecule has 0 saturated carbocycles. The van der Waals surface area contributed by atoms with E-state index in [1.807, 2.05) is 11.4 Å². The summed E-state index contributed by atoms with van der Waals surface area (Å²) in [4.78, 5) is 12.8. The summed E-state index contributed by atoms with van der Waals surface area (Å²) in [5.41, 5.74) is 1.16. The van der Waals surface area contributed by atoms with Crippen molar-refractivity contribution in [2.24, 2.45) is 5.92 Å². The van der Waals surface area contributed by atoms with Crippen molar-refractivity contribution in [2.75, 3.05) is 19.6 Å². The number of amides is 1. The van der Waals surface area contributed by atoms with E-state index in [4.69, 9.17) is 0 Å². The summed E-state index contributed by atoms with van der Waals surface area (Å²) in [6.45, 7) is 5.00. The van der Waals surface area contributed by atoms with Gasteiger partial charge < -0.3 is 10.6 Å². The fourth-order valence-corrected chi connectivity index (χ4v) is 2.93. The van der Waals surface area contributed by atoms with E-state index in [0.29, 0.717) is 5.92 Å². The third kappa shape index (κ3) is 2.62. The molecule has 1 aliphatic heterocycles. The molecular weight excluding hydrogens is 220 g/mol. The smallest absolute Gasteiger partial charge is 0.261 e. The van der Waals surface area contributed by atoms with Crippen LogP contribution in [0.4, 0.5) is 0 Å². The van der Waals surface area contributed by atoms with Crippen LogP contribution in [0.2, 0.25) is 0 Å². The average molecular weight is 238 g/mol. The Hall–Kier alpha value is -0.870. The molecule has 88 valence electrons. The molecule has 0 spiro atoms. The molecule has 0 bridgehead atoms. The molecule has 2 rings (SSSR count). The summed E-state index contributed by atoms with van der Waals surface area (Å²) >= 11 is 1.54. The highest BCUT2D eigenvalue weighted by atomic mass is 32.1. The molecule has 0 aliphatic carbocycles. The van der Waals surface area contributed by atoms with E-state index in [-0.39, 0.29) is 5.91 Å². The zero-order valence-electron chi connectivity index (χ0n) is 9.58. The van der Waals surface area contributed by atoms with Gasteiger partial charge in [-0.2, -0.15) is 0 Å². The maximum atomic E-state index is 11.9. The lowest BCUT2D eigenvalue weighted by Crippen LogP contribution is -2.30. The molecule has 1 saturated heterocycles. The number of carbonyl (C=O) groups is 1. The first-order chi connectivity index (χ1) is 7.81. The zero-order valence-corrected chi connectivity index (χ0v) is 10.4. The van der Waals surface area contributed by atoms with Gasteiger partial charge in [0, 0.05) is 6.54 Å². The van der Waals surface area contributed by atoms with Gasteiger partial charge in [-0.05, 0) is 48.9 Å². The number of hydrogen-bond acceptors (Lipinski definition) is 3.